The number of carbonyl (C=O) groups excluding carboxylic acids is 2. The van der Waals surface area contributed by atoms with E-state index in [4.69, 9.17) is 0 Å². The molecule has 2 aromatic rings. The Morgan fingerprint density at radius 1 is 0.952 bits per heavy atom. The number of amides is 2. The summed E-state index contributed by atoms with van der Waals surface area (Å²) in [6, 6.07) is 9.00. The summed E-state index contributed by atoms with van der Waals surface area (Å²) in [5.74, 6) is -1.23. The van der Waals surface area contributed by atoms with Crippen molar-refractivity contribution in [2.24, 2.45) is 0 Å². The molecule has 0 unspecified atom stereocenters. The van der Waals surface area contributed by atoms with Crippen LogP contribution in [-0.4, -0.2) is 21.8 Å². The van der Waals surface area contributed by atoms with E-state index in [9.17, 15) is 9.59 Å². The van der Waals surface area contributed by atoms with Gasteiger partial charge in [0, 0.05) is 18.1 Å². The summed E-state index contributed by atoms with van der Waals surface area (Å²) >= 11 is 0. The number of hydrogen-bond donors (Lipinski definition) is 2. The van der Waals surface area contributed by atoms with Gasteiger partial charge in [0.2, 0.25) is 5.95 Å². The molecule has 0 spiro atoms. The van der Waals surface area contributed by atoms with E-state index in [1.807, 2.05) is 26.0 Å². The van der Waals surface area contributed by atoms with E-state index in [1.165, 1.54) is 12.4 Å². The molecule has 6 heteroatoms. The van der Waals surface area contributed by atoms with Crippen LogP contribution in [0.25, 0.3) is 0 Å². The fourth-order valence-corrected chi connectivity index (χ4v) is 1.82. The first-order valence-electron chi connectivity index (χ1n) is 6.56. The Labute approximate surface area is 122 Å². The third-order valence-corrected chi connectivity index (χ3v) is 2.83. The van der Waals surface area contributed by atoms with Gasteiger partial charge in [0.05, 0.1) is 0 Å². The van der Waals surface area contributed by atoms with Crippen LogP contribution >= 0.6 is 0 Å². The molecule has 0 aliphatic carbocycles. The maximum absolute atomic E-state index is 11.9. The third-order valence-electron chi connectivity index (χ3n) is 2.83. The maximum atomic E-state index is 11.9. The van der Waals surface area contributed by atoms with Crippen LogP contribution < -0.4 is 10.6 Å². The van der Waals surface area contributed by atoms with Crippen molar-refractivity contribution in [3.8, 4) is 0 Å². The molecule has 2 N–H and O–H groups in total. The lowest BCUT2D eigenvalue weighted by atomic mass is 10.0. The van der Waals surface area contributed by atoms with Gasteiger partial charge in [-0.15, -0.1) is 0 Å². The average molecular weight is 284 g/mol. The summed E-state index contributed by atoms with van der Waals surface area (Å²) in [6.45, 7) is 4.03. The number of anilines is 2. The second-order valence-electron chi connectivity index (χ2n) is 4.72. The molecule has 1 aromatic heterocycles. The zero-order valence-electron chi connectivity index (χ0n) is 11.8. The SMILES string of the molecule is CC(C)c1ccccc1NC(=O)C(=O)Nc1ncccn1. The molecule has 0 saturated carbocycles. The third kappa shape index (κ3) is 3.85. The number of nitrogens with zero attached hydrogens (tertiary/aromatic N) is 2. The standard InChI is InChI=1S/C15H16N4O2/c1-10(2)11-6-3-4-7-12(11)18-13(20)14(21)19-15-16-8-5-9-17-15/h3-10H,1-2H3,(H,18,20)(H,16,17,19,21). The van der Waals surface area contributed by atoms with Gasteiger partial charge in [-0.05, 0) is 23.6 Å². The Kier molecular flexibility index (Phi) is 4.61. The van der Waals surface area contributed by atoms with Crippen molar-refractivity contribution in [3.05, 3.63) is 48.3 Å². The van der Waals surface area contributed by atoms with E-state index in [2.05, 4.69) is 20.6 Å². The molecule has 0 bridgehead atoms. The van der Waals surface area contributed by atoms with Crippen molar-refractivity contribution >= 4 is 23.5 Å². The van der Waals surface area contributed by atoms with E-state index < -0.39 is 11.8 Å². The van der Waals surface area contributed by atoms with E-state index >= 15 is 0 Å². The number of hydrogen-bond acceptors (Lipinski definition) is 4. The molecule has 2 amide bonds. The summed E-state index contributed by atoms with van der Waals surface area (Å²) in [7, 11) is 0. The second kappa shape index (κ2) is 6.60. The Hall–Kier alpha value is -2.76. The monoisotopic (exact) mass is 284 g/mol. The van der Waals surface area contributed by atoms with Crippen LogP contribution in [0.3, 0.4) is 0 Å². The molecular formula is C15H16N4O2. The number of benzene rings is 1. The molecule has 0 radical (unpaired) electrons. The lowest BCUT2D eigenvalue weighted by Crippen LogP contribution is -2.30. The van der Waals surface area contributed by atoms with E-state index in [1.54, 1.807) is 18.2 Å². The van der Waals surface area contributed by atoms with Crippen LogP contribution in [0.2, 0.25) is 0 Å². The highest BCUT2D eigenvalue weighted by Gasteiger charge is 2.17. The van der Waals surface area contributed by atoms with Gasteiger partial charge in [-0.3, -0.25) is 14.9 Å². The maximum Gasteiger partial charge on any atom is 0.316 e. The summed E-state index contributed by atoms with van der Waals surface area (Å²) in [6.07, 6.45) is 2.96. The van der Waals surface area contributed by atoms with Gasteiger partial charge < -0.3 is 5.32 Å². The summed E-state index contributed by atoms with van der Waals surface area (Å²) < 4.78 is 0. The number of rotatable bonds is 3. The molecule has 1 aromatic carbocycles. The minimum Gasteiger partial charge on any atom is -0.318 e. The zero-order valence-corrected chi connectivity index (χ0v) is 11.8. The van der Waals surface area contributed by atoms with Gasteiger partial charge in [0.25, 0.3) is 0 Å². The number of nitrogens with one attached hydrogen (secondary N) is 2. The minimum absolute atomic E-state index is 0.0924. The van der Waals surface area contributed by atoms with Crippen molar-refractivity contribution in [1.82, 2.24) is 9.97 Å². The second-order valence-corrected chi connectivity index (χ2v) is 4.72. The van der Waals surface area contributed by atoms with Gasteiger partial charge in [0.1, 0.15) is 0 Å². The van der Waals surface area contributed by atoms with Gasteiger partial charge in [0.15, 0.2) is 0 Å². The predicted octanol–water partition coefficient (Wildman–Crippen LogP) is 2.18. The molecule has 0 saturated heterocycles. The van der Waals surface area contributed by atoms with Crippen LogP contribution in [0.4, 0.5) is 11.6 Å². The lowest BCUT2D eigenvalue weighted by Gasteiger charge is -2.13. The minimum atomic E-state index is -0.806. The molecule has 2 rings (SSSR count). The molecule has 0 atom stereocenters. The first-order valence-corrected chi connectivity index (χ1v) is 6.56. The first kappa shape index (κ1) is 14.6. The largest absolute Gasteiger partial charge is 0.318 e. The van der Waals surface area contributed by atoms with Crippen LogP contribution in [0.1, 0.15) is 25.3 Å². The predicted molar refractivity (Wildman–Crippen MR) is 79.8 cm³/mol. The van der Waals surface area contributed by atoms with Crippen LogP contribution in [0.5, 0.6) is 0 Å². The number of aromatic nitrogens is 2. The summed E-state index contributed by atoms with van der Waals surface area (Å²) in [4.78, 5) is 31.4. The van der Waals surface area contributed by atoms with Crippen molar-refractivity contribution in [1.29, 1.82) is 0 Å². The van der Waals surface area contributed by atoms with E-state index in [0.29, 0.717) is 5.69 Å². The highest BCUT2D eigenvalue weighted by molar-refractivity contribution is 6.43. The van der Waals surface area contributed by atoms with Crippen molar-refractivity contribution in [2.45, 2.75) is 19.8 Å². The molecule has 108 valence electrons. The van der Waals surface area contributed by atoms with Crippen molar-refractivity contribution < 1.29 is 9.59 Å². The molecular weight excluding hydrogens is 268 g/mol. The highest BCUT2D eigenvalue weighted by atomic mass is 16.2. The Bertz CT molecular complexity index is 641. The lowest BCUT2D eigenvalue weighted by molar-refractivity contribution is -0.133. The topological polar surface area (TPSA) is 84.0 Å². The average Bonchev–Trinajstić information content (AvgIpc) is 2.48. The van der Waals surface area contributed by atoms with Crippen LogP contribution in [0, 0.1) is 0 Å². The normalized spacial score (nSPS) is 10.2. The molecule has 1 heterocycles. The highest BCUT2D eigenvalue weighted by Crippen LogP contribution is 2.23. The molecule has 21 heavy (non-hydrogen) atoms. The fraction of sp³-hybridized carbons (Fsp3) is 0.200. The van der Waals surface area contributed by atoms with Gasteiger partial charge >= 0.3 is 11.8 Å². The Morgan fingerprint density at radius 2 is 1.57 bits per heavy atom. The van der Waals surface area contributed by atoms with Crippen LogP contribution in [-0.2, 0) is 9.59 Å². The number of carbonyl (C=O) groups is 2. The molecule has 6 nitrogen and oxygen atoms in total. The zero-order chi connectivity index (χ0) is 15.2. The Morgan fingerprint density at radius 3 is 2.24 bits per heavy atom. The van der Waals surface area contributed by atoms with Crippen LogP contribution in [0.15, 0.2) is 42.7 Å². The van der Waals surface area contributed by atoms with Gasteiger partial charge in [-0.25, -0.2) is 9.97 Å². The molecule has 0 aliphatic rings. The van der Waals surface area contributed by atoms with Crippen molar-refractivity contribution in [3.63, 3.8) is 0 Å². The fourth-order valence-electron chi connectivity index (χ4n) is 1.82. The first-order chi connectivity index (χ1) is 10.1. The quantitative estimate of drug-likeness (QED) is 0.846. The summed E-state index contributed by atoms with van der Waals surface area (Å²) in [5.41, 5.74) is 1.59. The number of para-hydroxylation sites is 1. The molecule has 0 aliphatic heterocycles. The Balaban J connectivity index is 2.06. The summed E-state index contributed by atoms with van der Waals surface area (Å²) in [5, 5.41) is 4.94. The smallest absolute Gasteiger partial charge is 0.316 e. The van der Waals surface area contributed by atoms with Crippen molar-refractivity contribution in [2.75, 3.05) is 10.6 Å². The van der Waals surface area contributed by atoms with Gasteiger partial charge in [-0.1, -0.05) is 32.0 Å². The van der Waals surface area contributed by atoms with E-state index in [-0.39, 0.29) is 11.9 Å². The van der Waals surface area contributed by atoms with E-state index in [0.717, 1.165) is 5.56 Å². The van der Waals surface area contributed by atoms with Gasteiger partial charge in [-0.2, -0.15) is 0 Å². The molecule has 0 fully saturated rings.